The number of fused-ring (bicyclic) bond motifs is 7. The van der Waals surface area contributed by atoms with Crippen molar-refractivity contribution in [3.05, 3.63) is 181 Å². The highest BCUT2D eigenvalue weighted by atomic mass is 32.1. The minimum atomic E-state index is -0.459. The SMILES string of the molecule is CC1(C)Oc2cc(-c3cc(-c4nc(-c5cccc(-c6ccccc6)c5)nc(-c5ccc6ccccc6c5)n4)c4sc5ccccc5c4c3)ccc2-c2ccccc21. The van der Waals surface area contributed by atoms with Crippen molar-refractivity contribution in [3.63, 3.8) is 0 Å². The van der Waals surface area contributed by atoms with Gasteiger partial charge in [-0.05, 0) is 88.8 Å². The normalized spacial score (nSPS) is 13.0. The van der Waals surface area contributed by atoms with E-state index in [-0.39, 0.29) is 0 Å². The lowest BCUT2D eigenvalue weighted by Gasteiger charge is -2.35. The predicted molar refractivity (Wildman–Crippen MR) is 236 cm³/mol. The molecule has 1 aliphatic heterocycles. The van der Waals surface area contributed by atoms with Crippen LogP contribution in [0.4, 0.5) is 0 Å². The molecule has 0 saturated heterocycles. The Hall–Kier alpha value is -6.95. The number of aromatic nitrogens is 3. The molecule has 10 aromatic rings. The summed E-state index contributed by atoms with van der Waals surface area (Å²) in [4.78, 5) is 15.8. The number of benzene rings is 8. The topological polar surface area (TPSA) is 47.9 Å². The van der Waals surface area contributed by atoms with Crippen molar-refractivity contribution in [2.24, 2.45) is 0 Å². The van der Waals surface area contributed by atoms with Crippen LogP contribution in [0.2, 0.25) is 0 Å². The first-order valence-electron chi connectivity index (χ1n) is 19.3. The second-order valence-corrected chi connectivity index (χ2v) is 16.2. The Kier molecular flexibility index (Phi) is 7.66. The van der Waals surface area contributed by atoms with Gasteiger partial charge in [0, 0.05) is 48.0 Å². The molecular weight excluding hydrogens is 715 g/mol. The lowest BCUT2D eigenvalue weighted by atomic mass is 9.85. The number of rotatable bonds is 5. The van der Waals surface area contributed by atoms with Gasteiger partial charge in [0.15, 0.2) is 17.5 Å². The van der Waals surface area contributed by atoms with Crippen molar-refractivity contribution < 1.29 is 4.74 Å². The van der Waals surface area contributed by atoms with E-state index in [1.54, 1.807) is 11.3 Å². The van der Waals surface area contributed by atoms with E-state index in [1.165, 1.54) is 32.0 Å². The summed E-state index contributed by atoms with van der Waals surface area (Å²) in [5.74, 6) is 2.78. The van der Waals surface area contributed by atoms with Crippen molar-refractivity contribution >= 4 is 42.3 Å². The zero-order chi connectivity index (χ0) is 38.1. The first-order chi connectivity index (χ1) is 27.9. The molecule has 0 N–H and O–H groups in total. The molecule has 0 amide bonds. The Labute approximate surface area is 334 Å². The van der Waals surface area contributed by atoms with E-state index in [1.807, 2.05) is 6.07 Å². The minimum Gasteiger partial charge on any atom is -0.482 e. The Balaban J connectivity index is 1.14. The highest BCUT2D eigenvalue weighted by Crippen LogP contribution is 2.48. The summed E-state index contributed by atoms with van der Waals surface area (Å²) in [5, 5.41) is 4.70. The van der Waals surface area contributed by atoms with Gasteiger partial charge in [0.1, 0.15) is 11.4 Å². The highest BCUT2D eigenvalue weighted by Gasteiger charge is 2.32. The number of hydrogen-bond donors (Lipinski definition) is 0. The lowest BCUT2D eigenvalue weighted by Crippen LogP contribution is -2.29. The van der Waals surface area contributed by atoms with Crippen LogP contribution < -0.4 is 4.74 Å². The van der Waals surface area contributed by atoms with Gasteiger partial charge in [0.05, 0.1) is 0 Å². The maximum atomic E-state index is 6.74. The van der Waals surface area contributed by atoms with E-state index in [4.69, 9.17) is 19.7 Å². The highest BCUT2D eigenvalue weighted by molar-refractivity contribution is 7.26. The van der Waals surface area contributed by atoms with Gasteiger partial charge in [0.25, 0.3) is 0 Å². The maximum Gasteiger partial charge on any atom is 0.165 e. The molecular formula is C52H35N3OS. The van der Waals surface area contributed by atoms with E-state index >= 15 is 0 Å². The van der Waals surface area contributed by atoms with Crippen molar-refractivity contribution in [2.45, 2.75) is 19.4 Å². The monoisotopic (exact) mass is 749 g/mol. The fourth-order valence-corrected chi connectivity index (χ4v) is 9.49. The molecule has 5 heteroatoms. The zero-order valence-electron chi connectivity index (χ0n) is 31.4. The van der Waals surface area contributed by atoms with Gasteiger partial charge in [0.2, 0.25) is 0 Å². The summed E-state index contributed by atoms with van der Waals surface area (Å²) in [5.41, 5.74) is 10.3. The van der Waals surface area contributed by atoms with Gasteiger partial charge in [-0.2, -0.15) is 0 Å². The van der Waals surface area contributed by atoms with E-state index in [0.717, 1.165) is 60.3 Å². The minimum absolute atomic E-state index is 0.459. The zero-order valence-corrected chi connectivity index (χ0v) is 32.2. The number of ether oxygens (including phenoxy) is 1. The smallest absolute Gasteiger partial charge is 0.165 e. The second kappa shape index (κ2) is 13.1. The van der Waals surface area contributed by atoms with Crippen LogP contribution in [0.5, 0.6) is 5.75 Å². The molecule has 0 unspecified atom stereocenters. The fraction of sp³-hybridized carbons (Fsp3) is 0.0577. The van der Waals surface area contributed by atoms with Crippen LogP contribution in [0.1, 0.15) is 19.4 Å². The Bertz CT molecular complexity index is 3200. The first kappa shape index (κ1) is 33.4. The number of nitrogens with zero attached hydrogens (tertiary/aromatic N) is 3. The largest absolute Gasteiger partial charge is 0.482 e. The molecule has 1 aliphatic rings. The van der Waals surface area contributed by atoms with E-state index < -0.39 is 5.60 Å². The molecule has 11 rings (SSSR count). The third-order valence-electron chi connectivity index (χ3n) is 11.1. The van der Waals surface area contributed by atoms with Crippen LogP contribution in [-0.2, 0) is 5.60 Å². The summed E-state index contributed by atoms with van der Waals surface area (Å²) in [6.07, 6.45) is 0. The molecule has 2 aromatic heterocycles. The molecule has 0 aliphatic carbocycles. The molecule has 0 atom stereocenters. The molecule has 4 nitrogen and oxygen atoms in total. The van der Waals surface area contributed by atoms with Crippen LogP contribution in [0, 0.1) is 0 Å². The van der Waals surface area contributed by atoms with Crippen LogP contribution in [0.15, 0.2) is 176 Å². The third-order valence-corrected chi connectivity index (χ3v) is 12.4. The maximum absolute atomic E-state index is 6.74. The molecule has 0 spiro atoms. The standard InChI is InChI=1S/C52H35N3OS/c1-52(2)45-21-10-8-19-40(45)41-26-25-36(31-46(41)56-52)39-29-43-42-20-9-11-22-47(42)57-48(43)44(30-39)51-54-49(37-18-12-17-35(27-37)32-13-4-3-5-14-32)53-50(55-51)38-24-23-33-15-6-7-16-34(33)28-38/h3-31H,1-2H3. The molecule has 3 heterocycles. The molecule has 0 radical (unpaired) electrons. The molecule has 57 heavy (non-hydrogen) atoms. The summed E-state index contributed by atoms with van der Waals surface area (Å²) in [7, 11) is 0. The van der Waals surface area contributed by atoms with Gasteiger partial charge in [-0.3, -0.25) is 0 Å². The predicted octanol–water partition coefficient (Wildman–Crippen LogP) is 14.0. The van der Waals surface area contributed by atoms with Gasteiger partial charge in [-0.1, -0.05) is 140 Å². The molecule has 270 valence electrons. The summed E-state index contributed by atoms with van der Waals surface area (Å²) in [6.45, 7) is 4.29. The van der Waals surface area contributed by atoms with Crippen LogP contribution >= 0.6 is 11.3 Å². The lowest BCUT2D eigenvalue weighted by molar-refractivity contribution is 0.106. The number of thiophene rings is 1. The van der Waals surface area contributed by atoms with Crippen LogP contribution in [0.25, 0.3) is 98.5 Å². The molecule has 0 fully saturated rings. The van der Waals surface area contributed by atoms with E-state index in [9.17, 15) is 0 Å². The average molecular weight is 750 g/mol. The van der Waals surface area contributed by atoms with Crippen molar-refractivity contribution in [2.75, 3.05) is 0 Å². The second-order valence-electron chi connectivity index (χ2n) is 15.2. The van der Waals surface area contributed by atoms with Crippen LogP contribution in [-0.4, -0.2) is 15.0 Å². The Morgan fingerprint density at radius 1 is 0.421 bits per heavy atom. The first-order valence-corrected chi connectivity index (χ1v) is 20.1. The molecule has 0 saturated carbocycles. The Morgan fingerprint density at radius 3 is 1.96 bits per heavy atom. The van der Waals surface area contributed by atoms with Gasteiger partial charge >= 0.3 is 0 Å². The summed E-state index contributed by atoms with van der Waals surface area (Å²) < 4.78 is 9.10. The van der Waals surface area contributed by atoms with Crippen molar-refractivity contribution in [1.82, 2.24) is 15.0 Å². The van der Waals surface area contributed by atoms with Crippen molar-refractivity contribution in [1.29, 1.82) is 0 Å². The molecule has 0 bridgehead atoms. The third kappa shape index (κ3) is 5.78. The van der Waals surface area contributed by atoms with Gasteiger partial charge in [-0.15, -0.1) is 11.3 Å². The fourth-order valence-electron chi connectivity index (χ4n) is 8.29. The van der Waals surface area contributed by atoms with Crippen molar-refractivity contribution in [3.8, 4) is 73.3 Å². The Morgan fingerprint density at radius 2 is 1.09 bits per heavy atom. The quantitative estimate of drug-likeness (QED) is 0.176. The summed E-state index contributed by atoms with van der Waals surface area (Å²) >= 11 is 1.78. The molecule has 8 aromatic carbocycles. The van der Waals surface area contributed by atoms with Gasteiger partial charge < -0.3 is 4.74 Å². The number of hydrogen-bond acceptors (Lipinski definition) is 5. The van der Waals surface area contributed by atoms with E-state index in [0.29, 0.717) is 17.5 Å². The summed E-state index contributed by atoms with van der Waals surface area (Å²) in [6, 6.07) is 62.1. The van der Waals surface area contributed by atoms with Crippen LogP contribution in [0.3, 0.4) is 0 Å². The van der Waals surface area contributed by atoms with Gasteiger partial charge in [-0.25, -0.2) is 15.0 Å². The average Bonchev–Trinajstić information content (AvgIpc) is 3.64. The van der Waals surface area contributed by atoms with E-state index in [2.05, 4.69) is 184 Å².